The average Bonchev–Trinajstić information content (AvgIpc) is 2.97. The Kier molecular flexibility index (Phi) is 4.37. The zero-order chi connectivity index (χ0) is 16.4. The highest BCUT2D eigenvalue weighted by atomic mass is 16.2. The molecular weight excluding hydrogens is 284 g/mol. The Morgan fingerprint density at radius 1 is 1.17 bits per heavy atom. The smallest absolute Gasteiger partial charge is 0.223 e. The first-order chi connectivity index (χ1) is 11.1. The molecule has 1 aliphatic rings. The molecule has 0 radical (unpaired) electrons. The SMILES string of the molecule is CCC(=O)N(C1Cc2ccc(N)cc2C1)C(C)c1ccccc1. The highest BCUT2D eigenvalue weighted by Crippen LogP contribution is 2.32. The van der Waals surface area contributed by atoms with Crippen molar-refractivity contribution >= 4 is 11.6 Å². The summed E-state index contributed by atoms with van der Waals surface area (Å²) < 4.78 is 0. The van der Waals surface area contributed by atoms with Gasteiger partial charge in [-0.25, -0.2) is 0 Å². The molecule has 3 heteroatoms. The van der Waals surface area contributed by atoms with E-state index in [1.807, 2.05) is 31.2 Å². The van der Waals surface area contributed by atoms with Crippen molar-refractivity contribution in [1.29, 1.82) is 0 Å². The zero-order valence-corrected chi connectivity index (χ0v) is 13.8. The maximum atomic E-state index is 12.6. The van der Waals surface area contributed by atoms with Gasteiger partial charge in [-0.2, -0.15) is 0 Å². The van der Waals surface area contributed by atoms with Gasteiger partial charge in [-0.3, -0.25) is 4.79 Å². The number of rotatable bonds is 4. The fourth-order valence-electron chi connectivity index (χ4n) is 3.62. The van der Waals surface area contributed by atoms with E-state index in [4.69, 9.17) is 5.73 Å². The van der Waals surface area contributed by atoms with Crippen LogP contribution in [-0.2, 0) is 17.6 Å². The summed E-state index contributed by atoms with van der Waals surface area (Å²) in [5, 5.41) is 0. The van der Waals surface area contributed by atoms with Gasteiger partial charge < -0.3 is 10.6 Å². The molecule has 0 bridgehead atoms. The number of nitrogens with zero attached hydrogens (tertiary/aromatic N) is 1. The molecule has 2 aromatic rings. The number of hydrogen-bond acceptors (Lipinski definition) is 2. The van der Waals surface area contributed by atoms with Crippen LogP contribution < -0.4 is 5.73 Å². The molecule has 0 fully saturated rings. The minimum atomic E-state index is 0.0836. The third kappa shape index (κ3) is 3.09. The summed E-state index contributed by atoms with van der Waals surface area (Å²) in [4.78, 5) is 14.7. The molecule has 0 saturated heterocycles. The molecule has 0 heterocycles. The highest BCUT2D eigenvalue weighted by molar-refractivity contribution is 5.77. The summed E-state index contributed by atoms with van der Waals surface area (Å²) in [7, 11) is 0. The largest absolute Gasteiger partial charge is 0.399 e. The van der Waals surface area contributed by atoms with Gasteiger partial charge in [0.25, 0.3) is 0 Å². The molecule has 1 aliphatic carbocycles. The number of carbonyl (C=O) groups is 1. The van der Waals surface area contributed by atoms with Crippen LogP contribution in [0.3, 0.4) is 0 Å². The standard InChI is InChI=1S/C20H24N2O/c1-3-20(23)22(14(2)15-7-5-4-6-8-15)19-12-16-9-10-18(21)11-17(16)13-19/h4-11,14,19H,3,12-13,21H2,1-2H3. The molecule has 0 aromatic heterocycles. The number of benzene rings is 2. The Bertz CT molecular complexity index is 696. The lowest BCUT2D eigenvalue weighted by molar-refractivity contribution is -0.135. The fraction of sp³-hybridized carbons (Fsp3) is 0.350. The van der Waals surface area contributed by atoms with Crippen molar-refractivity contribution in [3.05, 3.63) is 65.2 Å². The lowest BCUT2D eigenvalue weighted by atomic mass is 10.0. The molecule has 2 atom stereocenters. The predicted octanol–water partition coefficient (Wildman–Crippen LogP) is 3.74. The third-order valence-electron chi connectivity index (χ3n) is 4.82. The summed E-state index contributed by atoms with van der Waals surface area (Å²) >= 11 is 0. The number of anilines is 1. The van der Waals surface area contributed by atoms with Gasteiger partial charge in [0.2, 0.25) is 5.91 Å². The summed E-state index contributed by atoms with van der Waals surface area (Å²) in [6.07, 6.45) is 2.34. The van der Waals surface area contributed by atoms with E-state index >= 15 is 0 Å². The predicted molar refractivity (Wildman–Crippen MR) is 94.0 cm³/mol. The number of hydrogen-bond donors (Lipinski definition) is 1. The maximum absolute atomic E-state index is 12.6. The Balaban J connectivity index is 1.88. The molecule has 0 spiro atoms. The molecular formula is C20H24N2O. The van der Waals surface area contributed by atoms with Crippen molar-refractivity contribution in [3.8, 4) is 0 Å². The van der Waals surface area contributed by atoms with Gasteiger partial charge in [-0.1, -0.05) is 43.3 Å². The van der Waals surface area contributed by atoms with Crippen LogP contribution in [0.1, 0.15) is 43.0 Å². The van der Waals surface area contributed by atoms with Gasteiger partial charge in [0.15, 0.2) is 0 Å². The summed E-state index contributed by atoms with van der Waals surface area (Å²) in [5.74, 6) is 0.215. The first-order valence-electron chi connectivity index (χ1n) is 8.33. The first-order valence-corrected chi connectivity index (χ1v) is 8.33. The molecule has 3 rings (SSSR count). The van der Waals surface area contributed by atoms with E-state index in [0.29, 0.717) is 6.42 Å². The quantitative estimate of drug-likeness (QED) is 0.875. The molecule has 120 valence electrons. The zero-order valence-electron chi connectivity index (χ0n) is 13.8. The van der Waals surface area contributed by atoms with Gasteiger partial charge in [0, 0.05) is 18.2 Å². The molecule has 2 N–H and O–H groups in total. The fourth-order valence-corrected chi connectivity index (χ4v) is 3.62. The molecule has 2 aromatic carbocycles. The molecule has 2 unspecified atom stereocenters. The van der Waals surface area contributed by atoms with Crippen molar-refractivity contribution in [1.82, 2.24) is 4.90 Å². The van der Waals surface area contributed by atoms with E-state index in [9.17, 15) is 4.79 Å². The molecule has 0 saturated carbocycles. The third-order valence-corrected chi connectivity index (χ3v) is 4.82. The second kappa shape index (κ2) is 6.45. The molecule has 1 amide bonds. The molecule has 0 aliphatic heterocycles. The Morgan fingerprint density at radius 2 is 1.87 bits per heavy atom. The van der Waals surface area contributed by atoms with E-state index in [1.54, 1.807) is 0 Å². The van der Waals surface area contributed by atoms with Crippen LogP contribution in [-0.4, -0.2) is 16.8 Å². The number of carbonyl (C=O) groups excluding carboxylic acids is 1. The van der Waals surface area contributed by atoms with Crippen LogP contribution in [0.4, 0.5) is 5.69 Å². The Hall–Kier alpha value is -2.29. The van der Waals surface area contributed by atoms with Crippen molar-refractivity contribution < 1.29 is 4.79 Å². The number of nitrogens with two attached hydrogens (primary N) is 1. The summed E-state index contributed by atoms with van der Waals surface area (Å²) in [6, 6.07) is 16.7. The lowest BCUT2D eigenvalue weighted by Crippen LogP contribution is -2.42. The van der Waals surface area contributed by atoms with E-state index in [0.717, 1.165) is 18.5 Å². The second-order valence-electron chi connectivity index (χ2n) is 6.33. The minimum absolute atomic E-state index is 0.0836. The van der Waals surface area contributed by atoms with Gasteiger partial charge in [-0.05, 0) is 48.6 Å². The number of fused-ring (bicyclic) bond motifs is 1. The topological polar surface area (TPSA) is 46.3 Å². The van der Waals surface area contributed by atoms with E-state index in [-0.39, 0.29) is 18.0 Å². The monoisotopic (exact) mass is 308 g/mol. The van der Waals surface area contributed by atoms with E-state index in [1.165, 1.54) is 16.7 Å². The number of nitrogen functional groups attached to an aromatic ring is 1. The Labute approximate surface area is 138 Å². The van der Waals surface area contributed by atoms with Crippen LogP contribution in [0.5, 0.6) is 0 Å². The van der Waals surface area contributed by atoms with E-state index in [2.05, 4.69) is 36.1 Å². The van der Waals surface area contributed by atoms with Gasteiger partial charge in [-0.15, -0.1) is 0 Å². The van der Waals surface area contributed by atoms with Gasteiger partial charge in [0.1, 0.15) is 0 Å². The normalized spacial score (nSPS) is 17.6. The molecule has 23 heavy (non-hydrogen) atoms. The maximum Gasteiger partial charge on any atom is 0.223 e. The van der Waals surface area contributed by atoms with Crippen molar-refractivity contribution in [2.24, 2.45) is 0 Å². The van der Waals surface area contributed by atoms with Gasteiger partial charge >= 0.3 is 0 Å². The van der Waals surface area contributed by atoms with Crippen molar-refractivity contribution in [2.75, 3.05) is 5.73 Å². The summed E-state index contributed by atoms with van der Waals surface area (Å²) in [6.45, 7) is 4.06. The highest BCUT2D eigenvalue weighted by Gasteiger charge is 2.32. The summed E-state index contributed by atoms with van der Waals surface area (Å²) in [5.41, 5.74) is 10.5. The molecule has 3 nitrogen and oxygen atoms in total. The van der Waals surface area contributed by atoms with Crippen molar-refractivity contribution in [2.45, 2.75) is 45.2 Å². The first kappa shape index (κ1) is 15.6. The van der Waals surface area contributed by atoms with Crippen LogP contribution in [0.15, 0.2) is 48.5 Å². The lowest BCUT2D eigenvalue weighted by Gasteiger charge is -2.35. The Morgan fingerprint density at radius 3 is 2.57 bits per heavy atom. The average molecular weight is 308 g/mol. The van der Waals surface area contributed by atoms with Crippen LogP contribution in [0, 0.1) is 0 Å². The number of amides is 1. The van der Waals surface area contributed by atoms with E-state index < -0.39 is 0 Å². The van der Waals surface area contributed by atoms with Crippen molar-refractivity contribution in [3.63, 3.8) is 0 Å². The van der Waals surface area contributed by atoms with Crippen LogP contribution >= 0.6 is 0 Å². The van der Waals surface area contributed by atoms with Gasteiger partial charge in [0.05, 0.1) is 6.04 Å². The van der Waals surface area contributed by atoms with Crippen LogP contribution in [0.2, 0.25) is 0 Å². The van der Waals surface area contributed by atoms with Crippen LogP contribution in [0.25, 0.3) is 0 Å². The second-order valence-corrected chi connectivity index (χ2v) is 6.33. The minimum Gasteiger partial charge on any atom is -0.399 e.